The van der Waals surface area contributed by atoms with Gasteiger partial charge in [-0.1, -0.05) is 120 Å². The maximum absolute atomic E-state index is 3.85. The molecule has 0 aliphatic heterocycles. The molecule has 39 heavy (non-hydrogen) atoms. The van der Waals surface area contributed by atoms with Gasteiger partial charge < -0.3 is 9.97 Å². The van der Waals surface area contributed by atoms with Crippen molar-refractivity contribution in [2.24, 2.45) is 0 Å². The Kier molecular flexibility index (Phi) is 7.77. The van der Waals surface area contributed by atoms with Gasteiger partial charge >= 0.3 is 0 Å². The minimum absolute atomic E-state index is 0.435. The van der Waals surface area contributed by atoms with Gasteiger partial charge in [0.25, 0.3) is 0 Å². The number of nitrogens with one attached hydrogen (secondary N) is 2. The van der Waals surface area contributed by atoms with Crippen molar-refractivity contribution in [3.63, 3.8) is 0 Å². The van der Waals surface area contributed by atoms with Crippen LogP contribution in [0.2, 0.25) is 0 Å². The van der Waals surface area contributed by atoms with Crippen molar-refractivity contribution in [1.29, 1.82) is 0 Å². The molecule has 2 aromatic heterocycles. The molecule has 2 heterocycles. The monoisotopic (exact) mass is 512 g/mol. The van der Waals surface area contributed by atoms with E-state index in [1.807, 2.05) is 6.07 Å². The molecule has 0 saturated heterocycles. The second kappa shape index (κ2) is 11.4. The zero-order chi connectivity index (χ0) is 27.5. The Labute approximate surface area is 232 Å². The van der Waals surface area contributed by atoms with Gasteiger partial charge in [0, 0.05) is 27.4 Å². The van der Waals surface area contributed by atoms with E-state index in [0.717, 1.165) is 34.8 Å². The molecule has 0 fully saturated rings. The molecule has 3 aromatic carbocycles. The summed E-state index contributed by atoms with van der Waals surface area (Å²) in [6, 6.07) is 26.2. The van der Waals surface area contributed by atoms with E-state index in [2.05, 4.69) is 136 Å². The summed E-state index contributed by atoms with van der Waals surface area (Å²) in [5.74, 6) is 0.945. The number of fused-ring (bicyclic) bond motifs is 1. The van der Waals surface area contributed by atoms with Gasteiger partial charge in [0.1, 0.15) is 0 Å². The molecule has 5 rings (SSSR count). The molecule has 0 radical (unpaired) electrons. The Morgan fingerprint density at radius 2 is 1.44 bits per heavy atom. The van der Waals surface area contributed by atoms with Crippen molar-refractivity contribution in [3.05, 3.63) is 117 Å². The Morgan fingerprint density at radius 1 is 0.744 bits per heavy atom. The number of rotatable bonds is 7. The summed E-state index contributed by atoms with van der Waals surface area (Å²) >= 11 is 0. The lowest BCUT2D eigenvalue weighted by atomic mass is 9.89. The highest BCUT2D eigenvalue weighted by Crippen LogP contribution is 2.37. The third-order valence-corrected chi connectivity index (χ3v) is 7.81. The topological polar surface area (TPSA) is 31.6 Å². The first-order valence-corrected chi connectivity index (χ1v) is 14.4. The summed E-state index contributed by atoms with van der Waals surface area (Å²) < 4.78 is 0. The predicted octanol–water partition coefficient (Wildman–Crippen LogP) is 8.46. The Balaban J connectivity index is 1.73. The standard InChI is InChI=1S/C37H40N2/c1-7-28-29(8-2)35(38-34(28)21-18-26-14-10-9-11-15-26)23-36-30-16-12-13-17-31(30)37(39-36)32-20-19-27(24(3)4)22-33(32)25(5)6/h9-20,22-25,38-39H,7-8H2,1-6H3. The number of hydrogen-bond donors (Lipinski definition) is 2. The fraction of sp³-hybridized carbons (Fsp3) is 0.270. The van der Waals surface area contributed by atoms with Crippen molar-refractivity contribution in [3.8, 4) is 11.3 Å². The Bertz CT molecular complexity index is 1750. The summed E-state index contributed by atoms with van der Waals surface area (Å²) in [6.07, 6.45) is 6.31. The molecular weight excluding hydrogens is 472 g/mol. The molecule has 0 aliphatic carbocycles. The van der Waals surface area contributed by atoms with Crippen molar-refractivity contribution in [2.75, 3.05) is 0 Å². The average Bonchev–Trinajstić information content (AvgIpc) is 3.49. The Morgan fingerprint density at radius 3 is 2.10 bits per heavy atom. The molecule has 0 saturated carbocycles. The minimum Gasteiger partial charge on any atom is -0.354 e. The van der Waals surface area contributed by atoms with Gasteiger partial charge in [0.15, 0.2) is 0 Å². The minimum atomic E-state index is 0.435. The fourth-order valence-electron chi connectivity index (χ4n) is 5.67. The van der Waals surface area contributed by atoms with Crippen LogP contribution in [0.3, 0.4) is 0 Å². The summed E-state index contributed by atoms with van der Waals surface area (Å²) in [5.41, 5.74) is 13.8. The maximum Gasteiger partial charge on any atom is 0.0854 e. The maximum atomic E-state index is 3.85. The lowest BCUT2D eigenvalue weighted by Gasteiger charge is -2.16. The van der Waals surface area contributed by atoms with Gasteiger partial charge in [-0.05, 0) is 64.6 Å². The first-order valence-electron chi connectivity index (χ1n) is 14.4. The van der Waals surface area contributed by atoms with Crippen LogP contribution in [0.15, 0.2) is 72.8 Å². The first-order chi connectivity index (χ1) is 18.9. The highest BCUT2D eigenvalue weighted by Gasteiger charge is 2.17. The summed E-state index contributed by atoms with van der Waals surface area (Å²) in [6.45, 7) is 13.6. The summed E-state index contributed by atoms with van der Waals surface area (Å²) in [5, 5.41) is 4.75. The van der Waals surface area contributed by atoms with Crippen molar-refractivity contribution < 1.29 is 0 Å². The number of aromatic amines is 2. The molecule has 0 spiro atoms. The van der Waals surface area contributed by atoms with Crippen LogP contribution in [0.5, 0.6) is 0 Å². The van der Waals surface area contributed by atoms with Gasteiger partial charge in [-0.3, -0.25) is 0 Å². The molecule has 2 nitrogen and oxygen atoms in total. The lowest BCUT2D eigenvalue weighted by Crippen LogP contribution is -2.11. The second-order valence-electron chi connectivity index (χ2n) is 11.0. The normalized spacial score (nSPS) is 12.1. The van der Waals surface area contributed by atoms with Crippen LogP contribution in [0.4, 0.5) is 0 Å². The van der Waals surface area contributed by atoms with Crippen LogP contribution in [-0.2, 0) is 12.8 Å². The van der Waals surface area contributed by atoms with Crippen molar-refractivity contribution in [1.82, 2.24) is 9.97 Å². The van der Waals surface area contributed by atoms with E-state index in [0.29, 0.717) is 11.8 Å². The largest absolute Gasteiger partial charge is 0.354 e. The molecular formula is C37H40N2. The van der Waals surface area contributed by atoms with E-state index in [1.165, 1.54) is 44.3 Å². The van der Waals surface area contributed by atoms with Crippen LogP contribution in [-0.4, -0.2) is 9.97 Å². The number of aromatic nitrogens is 2. The number of benzene rings is 3. The quantitative estimate of drug-likeness (QED) is 0.219. The molecule has 5 aromatic rings. The zero-order valence-electron chi connectivity index (χ0n) is 24.2. The van der Waals surface area contributed by atoms with E-state index in [9.17, 15) is 0 Å². The van der Waals surface area contributed by atoms with Crippen LogP contribution >= 0.6 is 0 Å². The number of hydrogen-bond acceptors (Lipinski definition) is 0. The fourth-order valence-corrected chi connectivity index (χ4v) is 5.67. The van der Waals surface area contributed by atoms with E-state index >= 15 is 0 Å². The van der Waals surface area contributed by atoms with Gasteiger partial charge in [-0.15, -0.1) is 0 Å². The molecule has 0 unspecified atom stereocenters. The van der Waals surface area contributed by atoms with Crippen LogP contribution in [0.1, 0.15) is 86.9 Å². The highest BCUT2D eigenvalue weighted by molar-refractivity contribution is 6.01. The predicted molar refractivity (Wildman–Crippen MR) is 169 cm³/mol. The van der Waals surface area contributed by atoms with Crippen molar-refractivity contribution >= 4 is 28.7 Å². The molecule has 0 amide bonds. The molecule has 0 atom stereocenters. The van der Waals surface area contributed by atoms with Gasteiger partial charge in [0.2, 0.25) is 0 Å². The van der Waals surface area contributed by atoms with E-state index in [1.54, 1.807) is 0 Å². The highest BCUT2D eigenvalue weighted by atomic mass is 14.7. The zero-order valence-corrected chi connectivity index (χ0v) is 24.2. The van der Waals surface area contributed by atoms with Gasteiger partial charge in [-0.25, -0.2) is 0 Å². The third-order valence-electron chi connectivity index (χ3n) is 7.81. The van der Waals surface area contributed by atoms with Crippen LogP contribution < -0.4 is 10.7 Å². The van der Waals surface area contributed by atoms with Crippen LogP contribution in [0, 0.1) is 0 Å². The third kappa shape index (κ3) is 5.31. The van der Waals surface area contributed by atoms with E-state index < -0.39 is 0 Å². The molecule has 2 N–H and O–H groups in total. The first kappa shape index (κ1) is 26.6. The second-order valence-corrected chi connectivity index (χ2v) is 11.0. The Hall–Kier alpha value is -4.00. The van der Waals surface area contributed by atoms with Crippen LogP contribution in [0.25, 0.3) is 39.9 Å². The smallest absolute Gasteiger partial charge is 0.0854 e. The summed E-state index contributed by atoms with van der Waals surface area (Å²) in [7, 11) is 0. The molecule has 198 valence electrons. The SMILES string of the molecule is CCc1c(CC)c(=Cc2[nH]c(-c3ccc(C(C)C)cc3C(C)C)c3ccccc23)[nH]c1=C=Cc1ccccc1. The molecule has 0 aliphatic rings. The molecule has 2 heteroatoms. The van der Waals surface area contributed by atoms with Gasteiger partial charge in [0.05, 0.1) is 11.0 Å². The summed E-state index contributed by atoms with van der Waals surface area (Å²) in [4.78, 5) is 7.57. The van der Waals surface area contributed by atoms with E-state index in [4.69, 9.17) is 0 Å². The number of H-pyrrole nitrogens is 2. The van der Waals surface area contributed by atoms with E-state index in [-0.39, 0.29) is 0 Å². The lowest BCUT2D eigenvalue weighted by molar-refractivity contribution is 0.835. The molecule has 0 bridgehead atoms. The van der Waals surface area contributed by atoms with Gasteiger partial charge in [-0.2, -0.15) is 0 Å². The van der Waals surface area contributed by atoms with Crippen molar-refractivity contribution in [2.45, 2.75) is 66.2 Å². The average molecular weight is 513 g/mol.